The van der Waals surface area contributed by atoms with Crippen molar-refractivity contribution in [3.05, 3.63) is 64.1 Å². The average molecular weight is 476 g/mol. The lowest BCUT2D eigenvalue weighted by atomic mass is 10.1. The molecule has 5 heteroatoms. The van der Waals surface area contributed by atoms with Gasteiger partial charge in [-0.05, 0) is 46.1 Å². The number of hydrogen-bond donors (Lipinski definition) is 1. The number of halogens is 3. The molecule has 0 aliphatic rings. The molecule has 0 saturated carbocycles. The average Bonchev–Trinajstić information content (AvgIpc) is 2.49. The molecule has 0 aliphatic carbocycles. The second-order valence-corrected chi connectivity index (χ2v) is 7.51. The molecule has 0 bridgehead atoms. The molecule has 21 heavy (non-hydrogen) atoms. The van der Waals surface area contributed by atoms with E-state index >= 15 is 0 Å². The third-order valence-corrected chi connectivity index (χ3v) is 6.38. The van der Waals surface area contributed by atoms with Crippen LogP contribution in [0.15, 0.2) is 53.0 Å². The SMILES string of the molecule is Cc1ccc(NC(=O)C(Br)C(Br)c2ccccc2)c(Br)c1. The molecule has 2 atom stereocenters. The van der Waals surface area contributed by atoms with Gasteiger partial charge in [0.05, 0.1) is 10.5 Å². The summed E-state index contributed by atoms with van der Waals surface area (Å²) in [6, 6.07) is 15.7. The van der Waals surface area contributed by atoms with Crippen molar-refractivity contribution in [3.63, 3.8) is 0 Å². The van der Waals surface area contributed by atoms with E-state index in [-0.39, 0.29) is 15.6 Å². The monoisotopic (exact) mass is 473 g/mol. The van der Waals surface area contributed by atoms with Gasteiger partial charge in [-0.2, -0.15) is 0 Å². The van der Waals surface area contributed by atoms with Crippen molar-refractivity contribution in [3.8, 4) is 0 Å². The Labute approximate surface area is 149 Å². The van der Waals surface area contributed by atoms with Gasteiger partial charge < -0.3 is 5.32 Å². The zero-order chi connectivity index (χ0) is 15.4. The molecule has 2 nitrogen and oxygen atoms in total. The Hall–Kier alpha value is -0.650. The largest absolute Gasteiger partial charge is 0.324 e. The molecule has 0 spiro atoms. The molecular weight excluding hydrogens is 462 g/mol. The topological polar surface area (TPSA) is 29.1 Å². The quantitative estimate of drug-likeness (QED) is 0.573. The summed E-state index contributed by atoms with van der Waals surface area (Å²) in [5.74, 6) is -0.0923. The highest BCUT2D eigenvalue weighted by Gasteiger charge is 2.25. The summed E-state index contributed by atoms with van der Waals surface area (Å²) in [6.45, 7) is 2.01. The van der Waals surface area contributed by atoms with Crippen LogP contribution in [0.1, 0.15) is 16.0 Å². The Morgan fingerprint density at radius 2 is 1.76 bits per heavy atom. The van der Waals surface area contributed by atoms with Crippen molar-refractivity contribution in [1.82, 2.24) is 0 Å². The highest BCUT2D eigenvalue weighted by molar-refractivity contribution is 9.12. The minimum atomic E-state index is -0.367. The summed E-state index contributed by atoms with van der Waals surface area (Å²) in [4.78, 5) is 11.9. The molecular formula is C16H14Br3NO. The number of benzene rings is 2. The van der Waals surface area contributed by atoms with E-state index in [9.17, 15) is 4.79 Å². The predicted octanol–water partition coefficient (Wildman–Crippen LogP) is 5.60. The van der Waals surface area contributed by atoms with Crippen molar-refractivity contribution in [2.45, 2.75) is 16.6 Å². The minimum Gasteiger partial charge on any atom is -0.324 e. The first-order valence-electron chi connectivity index (χ1n) is 6.39. The van der Waals surface area contributed by atoms with Crippen molar-refractivity contribution >= 4 is 59.4 Å². The Morgan fingerprint density at radius 3 is 2.38 bits per heavy atom. The van der Waals surface area contributed by atoms with Crippen LogP contribution in [0.4, 0.5) is 5.69 Å². The van der Waals surface area contributed by atoms with Gasteiger partial charge >= 0.3 is 0 Å². The van der Waals surface area contributed by atoms with Gasteiger partial charge in [0, 0.05) is 4.47 Å². The smallest absolute Gasteiger partial charge is 0.239 e. The molecule has 2 aromatic rings. The van der Waals surface area contributed by atoms with Crippen molar-refractivity contribution < 1.29 is 4.79 Å². The molecule has 0 saturated heterocycles. The van der Waals surface area contributed by atoms with E-state index in [0.717, 1.165) is 21.3 Å². The second kappa shape index (κ2) is 7.56. The molecule has 0 aromatic heterocycles. The fourth-order valence-corrected chi connectivity index (χ4v) is 3.42. The van der Waals surface area contributed by atoms with E-state index < -0.39 is 0 Å². The number of aryl methyl sites for hydroxylation is 1. The standard InChI is InChI=1S/C16H14Br3NO/c1-10-7-8-13(12(17)9-10)20-16(21)15(19)14(18)11-5-3-2-4-6-11/h2-9,14-15H,1H3,(H,20,21). The summed E-state index contributed by atoms with van der Waals surface area (Å²) >= 11 is 10.5. The summed E-state index contributed by atoms with van der Waals surface area (Å²) in [6.07, 6.45) is 0. The molecule has 1 N–H and O–H groups in total. The first-order chi connectivity index (χ1) is 9.99. The van der Waals surface area contributed by atoms with E-state index in [1.54, 1.807) is 0 Å². The first kappa shape index (κ1) is 16.7. The van der Waals surface area contributed by atoms with Gasteiger partial charge in [-0.1, -0.05) is 68.3 Å². The first-order valence-corrected chi connectivity index (χ1v) is 9.01. The van der Waals surface area contributed by atoms with E-state index in [4.69, 9.17) is 0 Å². The van der Waals surface area contributed by atoms with Crippen LogP contribution in [0.3, 0.4) is 0 Å². The molecule has 2 aromatic carbocycles. The van der Waals surface area contributed by atoms with Gasteiger partial charge in [0.15, 0.2) is 0 Å². The summed E-state index contributed by atoms with van der Waals surface area (Å²) in [7, 11) is 0. The Morgan fingerprint density at radius 1 is 1.10 bits per heavy atom. The number of amides is 1. The van der Waals surface area contributed by atoms with Crippen molar-refractivity contribution in [2.24, 2.45) is 0 Å². The maximum Gasteiger partial charge on any atom is 0.239 e. The van der Waals surface area contributed by atoms with E-state index in [2.05, 4.69) is 53.1 Å². The summed E-state index contributed by atoms with van der Waals surface area (Å²) in [5.41, 5.74) is 2.96. The lowest BCUT2D eigenvalue weighted by Gasteiger charge is -2.17. The highest BCUT2D eigenvalue weighted by atomic mass is 79.9. The zero-order valence-corrected chi connectivity index (χ0v) is 16.1. The van der Waals surface area contributed by atoms with Gasteiger partial charge in [0.25, 0.3) is 0 Å². The second-order valence-electron chi connectivity index (χ2n) is 4.69. The maximum atomic E-state index is 12.4. The van der Waals surface area contributed by atoms with Gasteiger partial charge in [0.2, 0.25) is 5.91 Å². The molecule has 2 rings (SSSR count). The van der Waals surface area contributed by atoms with Crippen LogP contribution in [-0.4, -0.2) is 10.7 Å². The molecule has 110 valence electrons. The third-order valence-electron chi connectivity index (χ3n) is 3.01. The number of carbonyl (C=O) groups is 1. The van der Waals surface area contributed by atoms with E-state index in [1.165, 1.54) is 0 Å². The van der Waals surface area contributed by atoms with Crippen molar-refractivity contribution in [2.75, 3.05) is 5.32 Å². The van der Waals surface area contributed by atoms with Crippen LogP contribution < -0.4 is 5.32 Å². The van der Waals surface area contributed by atoms with Crippen molar-refractivity contribution in [1.29, 1.82) is 0 Å². The Kier molecular flexibility index (Phi) is 6.02. The van der Waals surface area contributed by atoms with Crippen LogP contribution in [0.2, 0.25) is 0 Å². The lowest BCUT2D eigenvalue weighted by Crippen LogP contribution is -2.26. The number of hydrogen-bond acceptors (Lipinski definition) is 1. The molecule has 0 aliphatic heterocycles. The third kappa shape index (κ3) is 4.41. The van der Waals surface area contributed by atoms with Gasteiger partial charge in [-0.3, -0.25) is 4.79 Å². The fourth-order valence-electron chi connectivity index (χ4n) is 1.86. The normalized spacial score (nSPS) is 13.5. The summed E-state index contributed by atoms with van der Waals surface area (Å²) in [5, 5.41) is 2.93. The number of nitrogens with one attached hydrogen (secondary N) is 1. The van der Waals surface area contributed by atoms with Crippen LogP contribution in [0.5, 0.6) is 0 Å². The lowest BCUT2D eigenvalue weighted by molar-refractivity contribution is -0.115. The van der Waals surface area contributed by atoms with E-state index in [1.807, 2.05) is 55.5 Å². The Balaban J connectivity index is 2.09. The molecule has 2 unspecified atom stereocenters. The molecule has 0 heterocycles. The van der Waals surface area contributed by atoms with Crippen LogP contribution >= 0.6 is 47.8 Å². The number of rotatable bonds is 4. The van der Waals surface area contributed by atoms with E-state index in [0.29, 0.717) is 0 Å². The molecule has 1 amide bonds. The van der Waals surface area contributed by atoms with Gasteiger partial charge in [0.1, 0.15) is 4.83 Å². The number of carbonyl (C=O) groups excluding carboxylic acids is 1. The molecule has 0 radical (unpaired) electrons. The minimum absolute atomic E-state index is 0.0923. The van der Waals surface area contributed by atoms with Gasteiger partial charge in [-0.25, -0.2) is 0 Å². The number of alkyl halides is 2. The highest BCUT2D eigenvalue weighted by Crippen LogP contribution is 2.32. The fraction of sp³-hybridized carbons (Fsp3) is 0.188. The maximum absolute atomic E-state index is 12.4. The zero-order valence-electron chi connectivity index (χ0n) is 11.3. The van der Waals surface area contributed by atoms with Crippen LogP contribution in [0.25, 0.3) is 0 Å². The van der Waals surface area contributed by atoms with Crippen LogP contribution in [0, 0.1) is 6.92 Å². The predicted molar refractivity (Wildman–Crippen MR) is 98.3 cm³/mol. The molecule has 0 fully saturated rings. The summed E-state index contributed by atoms with van der Waals surface area (Å²) < 4.78 is 0.876. The number of anilines is 1. The van der Waals surface area contributed by atoms with Gasteiger partial charge in [-0.15, -0.1) is 0 Å². The van der Waals surface area contributed by atoms with Crippen LogP contribution in [-0.2, 0) is 4.79 Å². The Bertz CT molecular complexity index is 631.